The number of ether oxygens (including phenoxy) is 3. The van der Waals surface area contributed by atoms with E-state index >= 15 is 0 Å². The summed E-state index contributed by atoms with van der Waals surface area (Å²) in [6, 6.07) is 3.20. The van der Waals surface area contributed by atoms with Crippen LogP contribution in [0.2, 0.25) is 5.02 Å². The molecule has 0 aliphatic carbocycles. The van der Waals surface area contributed by atoms with Gasteiger partial charge in [-0.3, -0.25) is 19.3 Å². The molecule has 9 heteroatoms. The quantitative estimate of drug-likeness (QED) is 0.497. The van der Waals surface area contributed by atoms with Gasteiger partial charge in [-0.25, -0.2) is 0 Å². The second-order valence-electron chi connectivity index (χ2n) is 5.76. The first-order valence-corrected chi connectivity index (χ1v) is 9.41. The number of hydrogen-bond acceptors (Lipinski definition) is 7. The Labute approximate surface area is 166 Å². The predicted octanol–water partition coefficient (Wildman–Crippen LogP) is 3.74. The number of hydrogen-bond donors (Lipinski definition) is 0. The van der Waals surface area contributed by atoms with E-state index in [1.54, 1.807) is 26.0 Å². The second-order valence-corrected chi connectivity index (χ2v) is 7.16. The number of amides is 2. The Morgan fingerprint density at radius 1 is 1.30 bits per heavy atom. The van der Waals surface area contributed by atoms with Gasteiger partial charge < -0.3 is 14.2 Å². The van der Waals surface area contributed by atoms with E-state index in [0.717, 1.165) is 16.7 Å². The Hall–Kier alpha value is -2.19. The van der Waals surface area contributed by atoms with E-state index in [0.29, 0.717) is 28.7 Å². The molecule has 0 spiro atoms. The Bertz CT molecular complexity index is 792. The van der Waals surface area contributed by atoms with Gasteiger partial charge in [0.2, 0.25) is 0 Å². The molecule has 1 heterocycles. The number of thioether (sulfide) groups is 1. The lowest BCUT2D eigenvalue weighted by Crippen LogP contribution is -2.35. The standard InChI is InChI=1S/C18H20ClNO6S/c1-5-25-14-6-11(12(19)8-13(14)24-4)7-15-17(22)20(18(23)27-15)9-16(21)26-10(2)3/h6-8,10H,5,9H2,1-4H3/b15-7+. The van der Waals surface area contributed by atoms with Gasteiger partial charge >= 0.3 is 5.97 Å². The summed E-state index contributed by atoms with van der Waals surface area (Å²) in [5.41, 5.74) is 0.496. The fourth-order valence-corrected chi connectivity index (χ4v) is 3.33. The number of carbonyl (C=O) groups excluding carboxylic acids is 3. The fraction of sp³-hybridized carbons (Fsp3) is 0.389. The first-order chi connectivity index (χ1) is 12.8. The third-order valence-corrected chi connectivity index (χ3v) is 4.63. The van der Waals surface area contributed by atoms with Crippen LogP contribution in [0.4, 0.5) is 4.79 Å². The lowest BCUT2D eigenvalue weighted by Gasteiger charge is -2.13. The lowest BCUT2D eigenvalue weighted by atomic mass is 10.1. The average Bonchev–Trinajstić information content (AvgIpc) is 2.84. The molecule has 7 nitrogen and oxygen atoms in total. The molecular formula is C18H20ClNO6S. The zero-order chi connectivity index (χ0) is 20.1. The highest BCUT2D eigenvalue weighted by Gasteiger charge is 2.37. The van der Waals surface area contributed by atoms with Crippen molar-refractivity contribution in [3.8, 4) is 11.5 Å². The third kappa shape index (κ3) is 5.17. The molecule has 146 valence electrons. The number of esters is 1. The molecule has 2 amide bonds. The van der Waals surface area contributed by atoms with Crippen LogP contribution < -0.4 is 9.47 Å². The summed E-state index contributed by atoms with van der Waals surface area (Å²) in [5, 5.41) is -0.206. The first kappa shape index (κ1) is 21.1. The van der Waals surface area contributed by atoms with E-state index in [9.17, 15) is 14.4 Å². The largest absolute Gasteiger partial charge is 0.493 e. The summed E-state index contributed by atoms with van der Waals surface area (Å²) in [4.78, 5) is 37.4. The van der Waals surface area contributed by atoms with Gasteiger partial charge in [0.1, 0.15) is 6.54 Å². The monoisotopic (exact) mass is 413 g/mol. The van der Waals surface area contributed by atoms with Gasteiger partial charge in [-0.15, -0.1) is 0 Å². The zero-order valence-electron chi connectivity index (χ0n) is 15.4. The summed E-state index contributed by atoms with van der Waals surface area (Å²) in [6.07, 6.45) is 1.16. The number of benzene rings is 1. The smallest absolute Gasteiger partial charge is 0.326 e. The minimum atomic E-state index is -0.644. The van der Waals surface area contributed by atoms with Gasteiger partial charge in [0.15, 0.2) is 11.5 Å². The molecular weight excluding hydrogens is 394 g/mol. The highest BCUT2D eigenvalue weighted by Crippen LogP contribution is 2.37. The highest BCUT2D eigenvalue weighted by atomic mass is 35.5. The Morgan fingerprint density at radius 3 is 2.59 bits per heavy atom. The van der Waals surface area contributed by atoms with Crippen molar-refractivity contribution in [3.05, 3.63) is 27.6 Å². The third-order valence-electron chi connectivity index (χ3n) is 3.40. The Kier molecular flexibility index (Phi) is 7.15. The van der Waals surface area contributed by atoms with Crippen LogP contribution in [0.25, 0.3) is 6.08 Å². The summed E-state index contributed by atoms with van der Waals surface area (Å²) in [6.45, 7) is 5.20. The average molecular weight is 414 g/mol. The van der Waals surface area contributed by atoms with Gasteiger partial charge in [-0.2, -0.15) is 0 Å². The van der Waals surface area contributed by atoms with Crippen molar-refractivity contribution in [3.63, 3.8) is 0 Å². The van der Waals surface area contributed by atoms with Crippen molar-refractivity contribution < 1.29 is 28.6 Å². The fourth-order valence-electron chi connectivity index (χ4n) is 2.30. The number of rotatable bonds is 7. The molecule has 2 rings (SSSR count). The lowest BCUT2D eigenvalue weighted by molar-refractivity contribution is -0.149. The maximum atomic E-state index is 12.5. The molecule has 1 aliphatic heterocycles. The number of nitrogens with zero attached hydrogens (tertiary/aromatic N) is 1. The number of carbonyl (C=O) groups is 3. The number of methoxy groups -OCH3 is 1. The molecule has 1 fully saturated rings. The summed E-state index contributed by atoms with van der Waals surface area (Å²) < 4.78 is 15.7. The van der Waals surface area contributed by atoms with E-state index in [1.807, 2.05) is 6.92 Å². The molecule has 1 aromatic carbocycles. The van der Waals surface area contributed by atoms with Crippen LogP contribution >= 0.6 is 23.4 Å². The summed E-state index contributed by atoms with van der Waals surface area (Å²) in [7, 11) is 1.50. The molecule has 1 aromatic rings. The van der Waals surface area contributed by atoms with Crippen LogP contribution in [0.1, 0.15) is 26.3 Å². The van der Waals surface area contributed by atoms with Crippen molar-refractivity contribution in [1.82, 2.24) is 4.90 Å². The molecule has 0 bridgehead atoms. The predicted molar refractivity (Wildman–Crippen MR) is 103 cm³/mol. The zero-order valence-corrected chi connectivity index (χ0v) is 17.0. The minimum absolute atomic E-state index is 0.159. The van der Waals surface area contributed by atoms with Gasteiger partial charge in [-0.1, -0.05) is 11.6 Å². The van der Waals surface area contributed by atoms with Gasteiger partial charge in [0.05, 0.1) is 29.7 Å². The van der Waals surface area contributed by atoms with Crippen molar-refractivity contribution in [2.24, 2.45) is 0 Å². The van der Waals surface area contributed by atoms with Crippen LogP contribution in [0.5, 0.6) is 11.5 Å². The SMILES string of the molecule is CCOc1cc(/C=C2/SC(=O)N(CC(=O)OC(C)C)C2=O)c(Cl)cc1OC. The first-order valence-electron chi connectivity index (χ1n) is 8.22. The van der Waals surface area contributed by atoms with Crippen LogP contribution in [-0.4, -0.2) is 48.4 Å². The molecule has 0 N–H and O–H groups in total. The normalized spacial score (nSPS) is 15.6. The van der Waals surface area contributed by atoms with Gasteiger partial charge in [-0.05, 0) is 50.2 Å². The minimum Gasteiger partial charge on any atom is -0.493 e. The molecule has 1 aliphatic rings. The molecule has 0 atom stereocenters. The second kappa shape index (κ2) is 9.14. The van der Waals surface area contributed by atoms with Crippen LogP contribution in [-0.2, 0) is 14.3 Å². The van der Waals surface area contributed by atoms with Gasteiger partial charge in [0.25, 0.3) is 11.1 Å². The number of imide groups is 1. The van der Waals surface area contributed by atoms with Crippen LogP contribution in [0.15, 0.2) is 17.0 Å². The molecule has 1 saturated heterocycles. The molecule has 0 radical (unpaired) electrons. The van der Waals surface area contributed by atoms with E-state index in [2.05, 4.69) is 0 Å². The maximum absolute atomic E-state index is 12.5. The van der Waals surface area contributed by atoms with Crippen molar-refractivity contribution in [2.45, 2.75) is 26.9 Å². The summed E-state index contributed by atoms with van der Waals surface area (Å²) in [5.74, 6) is -0.288. The topological polar surface area (TPSA) is 82.1 Å². The van der Waals surface area contributed by atoms with E-state index < -0.39 is 23.7 Å². The molecule has 0 aromatic heterocycles. The van der Waals surface area contributed by atoms with Crippen LogP contribution in [0, 0.1) is 0 Å². The van der Waals surface area contributed by atoms with E-state index in [1.165, 1.54) is 13.2 Å². The highest BCUT2D eigenvalue weighted by molar-refractivity contribution is 8.18. The van der Waals surface area contributed by atoms with Crippen molar-refractivity contribution in [2.75, 3.05) is 20.3 Å². The van der Waals surface area contributed by atoms with E-state index in [-0.39, 0.29) is 11.0 Å². The number of halogens is 1. The molecule has 0 unspecified atom stereocenters. The Morgan fingerprint density at radius 2 is 2.00 bits per heavy atom. The molecule has 27 heavy (non-hydrogen) atoms. The molecule has 0 saturated carbocycles. The summed E-state index contributed by atoms with van der Waals surface area (Å²) >= 11 is 6.98. The Balaban J connectivity index is 2.27. The van der Waals surface area contributed by atoms with Crippen molar-refractivity contribution >= 4 is 46.6 Å². The van der Waals surface area contributed by atoms with Gasteiger partial charge in [0, 0.05) is 6.07 Å². The van der Waals surface area contributed by atoms with Crippen LogP contribution in [0.3, 0.4) is 0 Å². The van der Waals surface area contributed by atoms with Crippen molar-refractivity contribution in [1.29, 1.82) is 0 Å². The maximum Gasteiger partial charge on any atom is 0.326 e. The van der Waals surface area contributed by atoms with E-state index in [4.69, 9.17) is 25.8 Å².